The fourth-order valence-corrected chi connectivity index (χ4v) is 2.10. The Balaban J connectivity index is 2.11. The average Bonchev–Trinajstić information content (AvgIpc) is 2.60. The molecule has 0 saturated carbocycles. The highest BCUT2D eigenvalue weighted by Crippen LogP contribution is 2.04. The summed E-state index contributed by atoms with van der Waals surface area (Å²) in [6.45, 7) is 2.19. The fraction of sp³-hybridized carbons (Fsp3) is 0.235. The molecule has 0 aliphatic carbocycles. The van der Waals surface area contributed by atoms with Crippen LogP contribution in [0.25, 0.3) is 0 Å². The maximum atomic E-state index is 12.0. The van der Waals surface area contributed by atoms with Gasteiger partial charge in [0, 0.05) is 31.6 Å². The summed E-state index contributed by atoms with van der Waals surface area (Å²) in [7, 11) is 0. The van der Waals surface area contributed by atoms with Gasteiger partial charge in [-0.1, -0.05) is 6.07 Å². The topological polar surface area (TPSA) is 117 Å². The Morgan fingerprint density at radius 1 is 1.24 bits per heavy atom. The van der Waals surface area contributed by atoms with Crippen molar-refractivity contribution in [1.29, 1.82) is 5.41 Å². The van der Waals surface area contributed by atoms with Gasteiger partial charge >= 0.3 is 0 Å². The molecule has 3 N–H and O–H groups in total. The van der Waals surface area contributed by atoms with Crippen molar-refractivity contribution in [2.24, 2.45) is 0 Å². The van der Waals surface area contributed by atoms with Crippen molar-refractivity contribution in [2.45, 2.75) is 20.0 Å². The lowest BCUT2D eigenvalue weighted by Gasteiger charge is -2.09. The van der Waals surface area contributed by atoms with Crippen molar-refractivity contribution >= 4 is 18.0 Å². The van der Waals surface area contributed by atoms with Crippen LogP contribution >= 0.6 is 0 Å². The molecule has 2 aromatic heterocycles. The summed E-state index contributed by atoms with van der Waals surface area (Å²) in [6.07, 6.45) is 4.19. The zero-order valence-corrected chi connectivity index (χ0v) is 13.8. The number of nitrogens with zero attached hydrogens (tertiary/aromatic N) is 2. The first-order valence-corrected chi connectivity index (χ1v) is 7.65. The van der Waals surface area contributed by atoms with Gasteiger partial charge in [-0.05, 0) is 17.7 Å². The van der Waals surface area contributed by atoms with E-state index in [0.717, 1.165) is 11.8 Å². The van der Waals surface area contributed by atoms with Gasteiger partial charge < -0.3 is 20.6 Å². The monoisotopic (exact) mass is 341 g/mol. The predicted octanol–water partition coefficient (Wildman–Crippen LogP) is 0.307. The van der Waals surface area contributed by atoms with E-state index in [1.807, 2.05) is 6.07 Å². The fourth-order valence-electron chi connectivity index (χ4n) is 2.10. The van der Waals surface area contributed by atoms with E-state index >= 15 is 0 Å². The number of nitrogens with one attached hydrogen (secondary N) is 3. The van der Waals surface area contributed by atoms with Gasteiger partial charge in [0.15, 0.2) is 0 Å². The zero-order chi connectivity index (χ0) is 18.2. The number of pyridine rings is 2. The number of hydrogen-bond donors (Lipinski definition) is 3. The van der Waals surface area contributed by atoms with Gasteiger partial charge in [-0.15, -0.1) is 0 Å². The van der Waals surface area contributed by atoms with Crippen LogP contribution in [0.5, 0.6) is 0 Å². The van der Waals surface area contributed by atoms with Gasteiger partial charge in [-0.3, -0.25) is 19.4 Å². The molecule has 2 aromatic rings. The Morgan fingerprint density at radius 3 is 2.68 bits per heavy atom. The molecule has 2 amide bonds. The Kier molecular flexibility index (Phi) is 6.16. The van der Waals surface area contributed by atoms with Crippen LogP contribution < -0.4 is 16.2 Å². The van der Waals surface area contributed by atoms with E-state index in [9.17, 15) is 14.4 Å². The first kappa shape index (κ1) is 18.1. The summed E-state index contributed by atoms with van der Waals surface area (Å²) in [6, 6.07) is 6.38. The number of hydrogen-bond acceptors (Lipinski definition) is 5. The maximum Gasteiger partial charge on any atom is 0.253 e. The third-order valence-electron chi connectivity index (χ3n) is 3.37. The van der Waals surface area contributed by atoms with E-state index in [-0.39, 0.29) is 30.5 Å². The summed E-state index contributed by atoms with van der Waals surface area (Å²) in [5, 5.41) is 12.1. The Morgan fingerprint density at radius 2 is 2.04 bits per heavy atom. The minimum atomic E-state index is -0.346. The molecule has 0 saturated heterocycles. The second kappa shape index (κ2) is 8.53. The molecule has 0 spiro atoms. The molecular formula is C17H19N5O3. The molecule has 0 radical (unpaired) electrons. The largest absolute Gasteiger partial charge is 0.351 e. The molecule has 0 fully saturated rings. The zero-order valence-electron chi connectivity index (χ0n) is 13.8. The standard InChI is InChI=1S/C17H19N5O3/c1-12(23)20-9-15-4-2-13(8-21-15)10-22-11-14(3-5-16(22)24)17(25)19-7-6-18/h2-6,8,11,18H,7,9-10H2,1H3,(H,19,25)(H,20,23). The van der Waals surface area contributed by atoms with E-state index in [1.54, 1.807) is 12.3 Å². The Hall–Kier alpha value is -3.29. The smallest absolute Gasteiger partial charge is 0.253 e. The van der Waals surface area contributed by atoms with Gasteiger partial charge in [0.05, 0.1) is 30.9 Å². The average molecular weight is 341 g/mol. The molecular weight excluding hydrogens is 322 g/mol. The molecule has 130 valence electrons. The third-order valence-corrected chi connectivity index (χ3v) is 3.37. The van der Waals surface area contributed by atoms with Gasteiger partial charge in [0.1, 0.15) is 0 Å². The number of carbonyl (C=O) groups excluding carboxylic acids is 2. The van der Waals surface area contributed by atoms with Gasteiger partial charge in [-0.2, -0.15) is 0 Å². The van der Waals surface area contributed by atoms with Crippen molar-refractivity contribution in [3.63, 3.8) is 0 Å². The van der Waals surface area contributed by atoms with Crippen LogP contribution in [0.4, 0.5) is 0 Å². The molecule has 25 heavy (non-hydrogen) atoms. The molecule has 0 aromatic carbocycles. The lowest BCUT2D eigenvalue weighted by molar-refractivity contribution is -0.119. The van der Waals surface area contributed by atoms with Crippen LogP contribution in [0.2, 0.25) is 0 Å². The van der Waals surface area contributed by atoms with Crippen LogP contribution in [0, 0.1) is 5.41 Å². The number of amides is 2. The number of rotatable bonds is 7. The lowest BCUT2D eigenvalue weighted by Crippen LogP contribution is -2.28. The molecule has 0 atom stereocenters. The molecule has 0 bridgehead atoms. The van der Waals surface area contributed by atoms with E-state index in [0.29, 0.717) is 17.8 Å². The molecule has 0 aliphatic rings. The molecule has 8 heteroatoms. The summed E-state index contributed by atoms with van der Waals surface area (Å²) >= 11 is 0. The Labute approximate surface area is 144 Å². The van der Waals surface area contributed by atoms with E-state index in [1.165, 1.54) is 29.8 Å². The second-order valence-electron chi connectivity index (χ2n) is 5.37. The maximum absolute atomic E-state index is 12.0. The highest BCUT2D eigenvalue weighted by atomic mass is 16.2. The van der Waals surface area contributed by atoms with Crippen molar-refractivity contribution in [3.05, 3.63) is 63.8 Å². The molecule has 2 heterocycles. The quantitative estimate of drug-likeness (QED) is 0.628. The first-order valence-electron chi connectivity index (χ1n) is 7.65. The second-order valence-corrected chi connectivity index (χ2v) is 5.37. The molecule has 8 nitrogen and oxygen atoms in total. The van der Waals surface area contributed by atoms with Crippen LogP contribution in [0.1, 0.15) is 28.5 Å². The van der Waals surface area contributed by atoms with Crippen molar-refractivity contribution in [2.75, 3.05) is 6.54 Å². The van der Waals surface area contributed by atoms with Crippen LogP contribution in [0.3, 0.4) is 0 Å². The minimum Gasteiger partial charge on any atom is -0.351 e. The molecule has 0 aliphatic heterocycles. The van der Waals surface area contributed by atoms with Gasteiger partial charge in [-0.25, -0.2) is 0 Å². The van der Waals surface area contributed by atoms with Crippen molar-refractivity contribution in [1.82, 2.24) is 20.2 Å². The van der Waals surface area contributed by atoms with Crippen molar-refractivity contribution < 1.29 is 9.59 Å². The summed E-state index contributed by atoms with van der Waals surface area (Å²) in [4.78, 5) is 39.0. The summed E-state index contributed by atoms with van der Waals surface area (Å²) in [5.41, 5.74) is 1.62. The minimum absolute atomic E-state index is 0.129. The summed E-state index contributed by atoms with van der Waals surface area (Å²) in [5.74, 6) is -0.475. The van der Waals surface area contributed by atoms with E-state index < -0.39 is 0 Å². The number of aromatic nitrogens is 2. The highest BCUT2D eigenvalue weighted by Gasteiger charge is 2.07. The van der Waals surface area contributed by atoms with Crippen LogP contribution in [0.15, 0.2) is 41.5 Å². The van der Waals surface area contributed by atoms with E-state index in [4.69, 9.17) is 5.41 Å². The van der Waals surface area contributed by atoms with E-state index in [2.05, 4.69) is 15.6 Å². The van der Waals surface area contributed by atoms with Gasteiger partial charge in [0.25, 0.3) is 11.5 Å². The Bertz CT molecular complexity index is 827. The highest BCUT2D eigenvalue weighted by molar-refractivity contribution is 5.94. The molecule has 0 unspecified atom stereocenters. The first-order chi connectivity index (χ1) is 12.0. The summed E-state index contributed by atoms with van der Waals surface area (Å²) < 4.78 is 1.42. The third kappa shape index (κ3) is 5.38. The van der Waals surface area contributed by atoms with Crippen LogP contribution in [-0.4, -0.2) is 34.1 Å². The van der Waals surface area contributed by atoms with Crippen molar-refractivity contribution in [3.8, 4) is 0 Å². The SMILES string of the molecule is CC(=O)NCc1ccc(Cn2cc(C(=O)NCC=N)ccc2=O)cn1. The number of carbonyl (C=O) groups is 2. The molecule has 2 rings (SSSR count). The predicted molar refractivity (Wildman–Crippen MR) is 92.7 cm³/mol. The lowest BCUT2D eigenvalue weighted by atomic mass is 10.2. The van der Waals surface area contributed by atoms with Crippen LogP contribution in [-0.2, 0) is 17.9 Å². The van der Waals surface area contributed by atoms with Gasteiger partial charge in [0.2, 0.25) is 5.91 Å². The normalized spacial score (nSPS) is 10.1.